The number of esters is 1. The molecule has 2 heterocycles. The van der Waals surface area contributed by atoms with E-state index in [1.165, 1.54) is 21.7 Å². The molecular weight excluding hydrogens is 464 g/mol. The number of ether oxygens (including phenoxy) is 1. The minimum absolute atomic E-state index is 0.145. The third-order valence-electron chi connectivity index (χ3n) is 3.80. The zero-order valence-electron chi connectivity index (χ0n) is 16.4. The number of methoxy groups -OCH3 is 1. The molecule has 156 valence electrons. The highest BCUT2D eigenvalue weighted by Crippen LogP contribution is 2.35. The molecule has 0 atom stereocenters. The fourth-order valence-electron chi connectivity index (χ4n) is 2.49. The zero-order chi connectivity index (χ0) is 20.9. The minimum atomic E-state index is -0.250. The molecule has 0 fully saturated rings. The van der Waals surface area contributed by atoms with E-state index in [2.05, 4.69) is 64.1 Å². The monoisotopic (exact) mass is 490 g/mol. The summed E-state index contributed by atoms with van der Waals surface area (Å²) >= 11 is 7.11. The van der Waals surface area contributed by atoms with Crippen molar-refractivity contribution in [3.05, 3.63) is 32.9 Å². The molecule has 0 saturated carbocycles. The maximum atomic E-state index is 11.5. The van der Waals surface area contributed by atoms with Gasteiger partial charge in [-0.2, -0.15) is 0 Å². The van der Waals surface area contributed by atoms with Crippen LogP contribution in [0.15, 0.2) is 28.1 Å². The van der Waals surface area contributed by atoms with Crippen molar-refractivity contribution < 1.29 is 19.4 Å². The average molecular weight is 491 g/mol. The number of hydrogen-bond acceptors (Lipinski definition) is 7. The second-order valence-electron chi connectivity index (χ2n) is 6.23. The Morgan fingerprint density at radius 2 is 1.79 bits per heavy atom. The summed E-state index contributed by atoms with van der Waals surface area (Å²) in [5.74, 6) is -0.145. The SMILES string of the molecule is COC(=O)CCN(CCCN(C)C)Cc1ccc(-c2ccc(Br)s2)s1.O=CO. The topological polar surface area (TPSA) is 70.1 Å². The van der Waals surface area contributed by atoms with Crippen LogP contribution in [0.2, 0.25) is 0 Å². The van der Waals surface area contributed by atoms with E-state index in [9.17, 15) is 4.79 Å². The number of hydrogen-bond donors (Lipinski definition) is 1. The fraction of sp³-hybridized carbons (Fsp3) is 0.474. The lowest BCUT2D eigenvalue weighted by Gasteiger charge is -2.22. The molecule has 2 aromatic heterocycles. The molecule has 6 nitrogen and oxygen atoms in total. The second kappa shape index (κ2) is 13.8. The van der Waals surface area contributed by atoms with Crippen molar-refractivity contribution in [1.82, 2.24) is 9.80 Å². The lowest BCUT2D eigenvalue weighted by molar-refractivity contribution is -0.141. The maximum absolute atomic E-state index is 11.5. The predicted octanol–water partition coefficient (Wildman–Crippen LogP) is 4.26. The van der Waals surface area contributed by atoms with Gasteiger partial charge >= 0.3 is 5.97 Å². The van der Waals surface area contributed by atoms with Crippen molar-refractivity contribution in [3.8, 4) is 9.75 Å². The lowest BCUT2D eigenvalue weighted by atomic mass is 10.3. The molecule has 0 aromatic carbocycles. The van der Waals surface area contributed by atoms with Crippen molar-refractivity contribution in [2.45, 2.75) is 19.4 Å². The van der Waals surface area contributed by atoms with Gasteiger partial charge in [-0.3, -0.25) is 14.5 Å². The normalized spacial score (nSPS) is 10.6. The first-order valence-corrected chi connectivity index (χ1v) is 11.2. The highest BCUT2D eigenvalue weighted by Gasteiger charge is 2.12. The highest BCUT2D eigenvalue weighted by atomic mass is 79.9. The van der Waals surface area contributed by atoms with Crippen LogP contribution in [0.5, 0.6) is 0 Å². The van der Waals surface area contributed by atoms with Gasteiger partial charge in [0, 0.05) is 27.7 Å². The Bertz CT molecular complexity index is 718. The van der Waals surface area contributed by atoms with E-state index in [-0.39, 0.29) is 12.4 Å². The smallest absolute Gasteiger partial charge is 0.306 e. The molecule has 0 saturated heterocycles. The number of carbonyl (C=O) groups excluding carboxylic acids is 1. The molecule has 9 heteroatoms. The quantitative estimate of drug-likeness (QED) is 0.396. The Kier molecular flexibility index (Phi) is 12.2. The first kappa shape index (κ1) is 24.8. The Labute approximate surface area is 182 Å². The first-order valence-electron chi connectivity index (χ1n) is 8.75. The number of nitrogens with zero attached hydrogens (tertiary/aromatic N) is 2. The van der Waals surface area contributed by atoms with E-state index in [4.69, 9.17) is 14.6 Å². The lowest BCUT2D eigenvalue weighted by Crippen LogP contribution is -2.29. The molecule has 0 amide bonds. The van der Waals surface area contributed by atoms with Crippen molar-refractivity contribution in [2.24, 2.45) is 0 Å². The molecule has 0 unspecified atom stereocenters. The average Bonchev–Trinajstić information content (AvgIpc) is 3.28. The zero-order valence-corrected chi connectivity index (χ0v) is 19.6. The summed E-state index contributed by atoms with van der Waals surface area (Å²) in [6.07, 6.45) is 1.53. The number of carboxylic acid groups (broad SMARTS) is 1. The molecule has 0 spiro atoms. The van der Waals surface area contributed by atoms with E-state index in [1.54, 1.807) is 11.3 Å². The molecule has 2 aromatic rings. The van der Waals surface area contributed by atoms with Crippen LogP contribution < -0.4 is 0 Å². The van der Waals surface area contributed by atoms with Gasteiger partial charge in [0.25, 0.3) is 6.47 Å². The summed E-state index contributed by atoms with van der Waals surface area (Å²) in [5, 5.41) is 6.89. The Hall–Kier alpha value is -1.26. The van der Waals surface area contributed by atoms with Crippen molar-refractivity contribution in [3.63, 3.8) is 0 Å². The molecule has 0 aliphatic heterocycles. The predicted molar refractivity (Wildman–Crippen MR) is 119 cm³/mol. The van der Waals surface area contributed by atoms with Gasteiger partial charge in [-0.1, -0.05) is 0 Å². The summed E-state index contributed by atoms with van der Waals surface area (Å²) in [7, 11) is 5.62. The largest absolute Gasteiger partial charge is 0.483 e. The fourth-order valence-corrected chi connectivity index (χ4v) is 5.02. The number of thiophene rings is 2. The van der Waals surface area contributed by atoms with Crippen LogP contribution in [0, 0.1) is 0 Å². The van der Waals surface area contributed by atoms with Crippen LogP contribution in [-0.4, -0.2) is 68.2 Å². The third kappa shape index (κ3) is 9.79. The second-order valence-corrected chi connectivity index (χ2v) is 9.87. The Morgan fingerprint density at radius 1 is 1.14 bits per heavy atom. The van der Waals surface area contributed by atoms with Crippen molar-refractivity contribution in [2.75, 3.05) is 40.8 Å². The summed E-state index contributed by atoms with van der Waals surface area (Å²) in [4.78, 5) is 28.3. The Balaban J connectivity index is 0.00000122. The number of carbonyl (C=O) groups is 2. The Morgan fingerprint density at radius 3 is 2.36 bits per heavy atom. The van der Waals surface area contributed by atoms with Crippen molar-refractivity contribution in [1.29, 1.82) is 0 Å². The summed E-state index contributed by atoms with van der Waals surface area (Å²) in [6.45, 7) is 3.39. The number of halogens is 1. The van der Waals surface area contributed by atoms with Crippen LogP contribution >= 0.6 is 38.6 Å². The van der Waals surface area contributed by atoms with Gasteiger partial charge in [-0.05, 0) is 73.8 Å². The van der Waals surface area contributed by atoms with Crippen LogP contribution in [-0.2, 0) is 20.9 Å². The maximum Gasteiger partial charge on any atom is 0.306 e. The van der Waals surface area contributed by atoms with Crippen LogP contribution in [0.25, 0.3) is 9.75 Å². The van der Waals surface area contributed by atoms with Gasteiger partial charge in [0.2, 0.25) is 0 Å². The molecule has 0 radical (unpaired) electrons. The van der Waals surface area contributed by atoms with E-state index in [1.807, 2.05) is 11.3 Å². The summed E-state index contributed by atoms with van der Waals surface area (Å²) in [5.41, 5.74) is 0. The molecule has 2 rings (SSSR count). The molecule has 1 N–H and O–H groups in total. The van der Waals surface area contributed by atoms with Gasteiger partial charge in [-0.15, -0.1) is 22.7 Å². The van der Waals surface area contributed by atoms with Crippen LogP contribution in [0.4, 0.5) is 0 Å². The highest BCUT2D eigenvalue weighted by molar-refractivity contribution is 9.11. The van der Waals surface area contributed by atoms with Gasteiger partial charge < -0.3 is 14.7 Å². The van der Waals surface area contributed by atoms with E-state index in [0.29, 0.717) is 6.42 Å². The molecule has 0 bridgehead atoms. The molecular formula is C19H27BrN2O4S2. The van der Waals surface area contributed by atoms with Crippen LogP contribution in [0.1, 0.15) is 17.7 Å². The van der Waals surface area contributed by atoms with Gasteiger partial charge in [0.05, 0.1) is 17.3 Å². The minimum Gasteiger partial charge on any atom is -0.483 e. The van der Waals surface area contributed by atoms with Crippen molar-refractivity contribution >= 4 is 51.0 Å². The first-order chi connectivity index (χ1) is 13.4. The molecule has 0 aliphatic carbocycles. The van der Waals surface area contributed by atoms with E-state index >= 15 is 0 Å². The summed E-state index contributed by atoms with van der Waals surface area (Å²) in [6, 6.07) is 8.63. The molecule has 0 aliphatic rings. The van der Waals surface area contributed by atoms with E-state index < -0.39 is 0 Å². The number of rotatable bonds is 10. The third-order valence-corrected chi connectivity index (χ3v) is 6.69. The van der Waals surface area contributed by atoms with E-state index in [0.717, 1.165) is 36.4 Å². The van der Waals surface area contributed by atoms with Crippen LogP contribution in [0.3, 0.4) is 0 Å². The van der Waals surface area contributed by atoms with Gasteiger partial charge in [0.15, 0.2) is 0 Å². The summed E-state index contributed by atoms with van der Waals surface area (Å²) < 4.78 is 5.94. The molecule has 28 heavy (non-hydrogen) atoms. The van der Waals surface area contributed by atoms with Gasteiger partial charge in [0.1, 0.15) is 0 Å². The standard InChI is InChI=1S/C18H25BrN2O2S2.CH2O2/c1-20(2)10-4-11-21(12-9-18(22)23-3)13-14-5-6-15(24-14)16-7-8-17(19)25-16;2-1-3/h5-8H,4,9-13H2,1-3H3;1H,(H,2,3). The van der Waals surface area contributed by atoms with Gasteiger partial charge in [-0.25, -0.2) is 0 Å².